The Hall–Kier alpha value is -0.280. The maximum Gasteiger partial charge on any atom is 0.0595 e. The lowest BCUT2D eigenvalue weighted by molar-refractivity contribution is 0.0315. The van der Waals surface area contributed by atoms with Crippen LogP contribution in [0, 0.1) is 0 Å². The van der Waals surface area contributed by atoms with E-state index in [1.165, 1.54) is 5.56 Å². The molecule has 0 saturated heterocycles. The molecule has 1 fully saturated rings. The van der Waals surface area contributed by atoms with E-state index >= 15 is 0 Å². The molecule has 1 aliphatic carbocycles. The summed E-state index contributed by atoms with van der Waals surface area (Å²) in [7, 11) is 3.78. The number of benzene rings is 1. The molecule has 0 spiro atoms. The van der Waals surface area contributed by atoms with Crippen LogP contribution in [0.3, 0.4) is 0 Å². The summed E-state index contributed by atoms with van der Waals surface area (Å²) in [6.07, 6.45) is 4.65. The molecule has 2 atom stereocenters. The minimum atomic E-state index is -0.0485. The highest BCUT2D eigenvalue weighted by Gasteiger charge is 2.36. The van der Waals surface area contributed by atoms with Crippen molar-refractivity contribution in [1.82, 2.24) is 5.32 Å². The second kappa shape index (κ2) is 5.79. The van der Waals surface area contributed by atoms with Gasteiger partial charge in [0.25, 0.3) is 0 Å². The van der Waals surface area contributed by atoms with E-state index in [-0.39, 0.29) is 5.54 Å². The zero-order valence-corrected chi connectivity index (χ0v) is 12.3. The first-order chi connectivity index (χ1) is 8.61. The number of nitrogens with one attached hydrogen (secondary N) is 1. The first kappa shape index (κ1) is 14.1. The first-order valence-electron chi connectivity index (χ1n) is 6.28. The third kappa shape index (κ3) is 2.67. The van der Waals surface area contributed by atoms with E-state index in [1.807, 2.05) is 19.2 Å². The van der Waals surface area contributed by atoms with Crippen molar-refractivity contribution >= 4 is 23.2 Å². The normalized spacial score (nSPS) is 28.3. The summed E-state index contributed by atoms with van der Waals surface area (Å²) in [5.74, 6) is 0. The fraction of sp³-hybridized carbons (Fsp3) is 0.571. The van der Waals surface area contributed by atoms with E-state index < -0.39 is 0 Å². The van der Waals surface area contributed by atoms with Crippen molar-refractivity contribution in [2.24, 2.45) is 0 Å². The smallest absolute Gasteiger partial charge is 0.0595 e. The van der Waals surface area contributed by atoms with Crippen LogP contribution in [-0.2, 0) is 10.3 Å². The molecule has 0 heterocycles. The van der Waals surface area contributed by atoms with Gasteiger partial charge in [0.1, 0.15) is 0 Å². The van der Waals surface area contributed by atoms with Gasteiger partial charge in [-0.05, 0) is 50.4 Å². The Balaban J connectivity index is 2.33. The quantitative estimate of drug-likeness (QED) is 0.907. The third-order valence-electron chi connectivity index (χ3n) is 3.99. The summed E-state index contributed by atoms with van der Waals surface area (Å²) in [4.78, 5) is 0. The molecule has 1 saturated carbocycles. The van der Waals surface area contributed by atoms with E-state index in [0.717, 1.165) is 25.7 Å². The molecule has 1 aromatic rings. The SMILES string of the molecule is CNC1(c2ccc(Cl)c(Cl)c2)CCCC(OC)C1. The Kier molecular flexibility index (Phi) is 4.54. The van der Waals surface area contributed by atoms with Gasteiger partial charge < -0.3 is 10.1 Å². The van der Waals surface area contributed by atoms with Crippen molar-refractivity contribution in [2.75, 3.05) is 14.2 Å². The molecule has 1 aliphatic rings. The number of halogens is 2. The van der Waals surface area contributed by atoms with E-state index in [1.54, 1.807) is 7.11 Å². The van der Waals surface area contributed by atoms with E-state index in [9.17, 15) is 0 Å². The zero-order valence-electron chi connectivity index (χ0n) is 10.8. The largest absolute Gasteiger partial charge is 0.381 e. The maximum absolute atomic E-state index is 6.13. The molecule has 1 N–H and O–H groups in total. The molecule has 2 nitrogen and oxygen atoms in total. The molecule has 2 rings (SSSR count). The van der Waals surface area contributed by atoms with E-state index in [2.05, 4.69) is 11.4 Å². The molecule has 0 radical (unpaired) electrons. The van der Waals surface area contributed by atoms with Crippen molar-refractivity contribution in [3.63, 3.8) is 0 Å². The number of rotatable bonds is 3. The monoisotopic (exact) mass is 287 g/mol. The van der Waals surface area contributed by atoms with Gasteiger partial charge in [-0.2, -0.15) is 0 Å². The van der Waals surface area contributed by atoms with Crippen LogP contribution in [0.4, 0.5) is 0 Å². The molecular formula is C14H19Cl2NO. The van der Waals surface area contributed by atoms with Gasteiger partial charge in [0.15, 0.2) is 0 Å². The van der Waals surface area contributed by atoms with Gasteiger partial charge in [0.05, 0.1) is 16.1 Å². The highest BCUT2D eigenvalue weighted by atomic mass is 35.5. The number of hydrogen-bond acceptors (Lipinski definition) is 2. The van der Waals surface area contributed by atoms with Gasteiger partial charge in [0, 0.05) is 12.6 Å². The van der Waals surface area contributed by atoms with Crippen LogP contribution in [-0.4, -0.2) is 20.3 Å². The van der Waals surface area contributed by atoms with Gasteiger partial charge in [0.2, 0.25) is 0 Å². The molecule has 0 amide bonds. The van der Waals surface area contributed by atoms with E-state index in [4.69, 9.17) is 27.9 Å². The highest BCUT2D eigenvalue weighted by Crippen LogP contribution is 2.39. The standard InChI is InChI=1S/C14H19Cl2NO/c1-17-14(7-3-4-11(9-14)18-2)10-5-6-12(15)13(16)8-10/h5-6,8,11,17H,3-4,7,9H2,1-2H3. The molecule has 4 heteroatoms. The average molecular weight is 288 g/mol. The second-order valence-corrected chi connectivity index (χ2v) is 5.73. The number of hydrogen-bond donors (Lipinski definition) is 1. The summed E-state index contributed by atoms with van der Waals surface area (Å²) in [6.45, 7) is 0. The second-order valence-electron chi connectivity index (χ2n) is 4.92. The maximum atomic E-state index is 6.13. The van der Waals surface area contributed by atoms with Crippen LogP contribution in [0.5, 0.6) is 0 Å². The summed E-state index contributed by atoms with van der Waals surface area (Å²) in [5.41, 5.74) is 1.15. The summed E-state index contributed by atoms with van der Waals surface area (Å²) >= 11 is 12.1. The van der Waals surface area contributed by atoms with Crippen LogP contribution in [0.15, 0.2) is 18.2 Å². The van der Waals surface area contributed by atoms with Crippen molar-refractivity contribution in [2.45, 2.75) is 37.3 Å². The fourth-order valence-electron chi connectivity index (χ4n) is 2.85. The lowest BCUT2D eigenvalue weighted by Crippen LogP contribution is -2.46. The summed E-state index contributed by atoms with van der Waals surface area (Å²) in [5, 5.41) is 4.68. The van der Waals surface area contributed by atoms with Crippen LogP contribution < -0.4 is 5.32 Å². The van der Waals surface area contributed by atoms with Crippen molar-refractivity contribution < 1.29 is 4.74 Å². The van der Waals surface area contributed by atoms with Crippen molar-refractivity contribution in [1.29, 1.82) is 0 Å². The Morgan fingerprint density at radius 3 is 2.72 bits per heavy atom. The molecule has 0 aromatic heterocycles. The zero-order chi connectivity index (χ0) is 13.2. The van der Waals surface area contributed by atoms with Gasteiger partial charge in [-0.25, -0.2) is 0 Å². The first-order valence-corrected chi connectivity index (χ1v) is 7.04. The van der Waals surface area contributed by atoms with Crippen molar-refractivity contribution in [3.8, 4) is 0 Å². The Bertz CT molecular complexity index is 424. The molecule has 0 bridgehead atoms. The lowest BCUT2D eigenvalue weighted by Gasteiger charge is -2.41. The Morgan fingerprint density at radius 1 is 1.33 bits per heavy atom. The third-order valence-corrected chi connectivity index (χ3v) is 4.73. The number of ether oxygens (including phenoxy) is 1. The molecule has 100 valence electrons. The Morgan fingerprint density at radius 2 is 2.11 bits per heavy atom. The van der Waals surface area contributed by atoms with E-state index in [0.29, 0.717) is 16.1 Å². The van der Waals surface area contributed by atoms with Gasteiger partial charge in [-0.3, -0.25) is 0 Å². The average Bonchev–Trinajstić information content (AvgIpc) is 2.41. The minimum Gasteiger partial charge on any atom is -0.381 e. The van der Waals surface area contributed by atoms with Gasteiger partial charge in [-0.15, -0.1) is 0 Å². The van der Waals surface area contributed by atoms with Crippen LogP contribution in [0.25, 0.3) is 0 Å². The topological polar surface area (TPSA) is 21.3 Å². The molecule has 0 aliphatic heterocycles. The lowest BCUT2D eigenvalue weighted by atomic mass is 9.75. The predicted molar refractivity (Wildman–Crippen MR) is 76.5 cm³/mol. The molecule has 1 aromatic carbocycles. The van der Waals surface area contributed by atoms with Crippen LogP contribution in [0.2, 0.25) is 10.0 Å². The molecule has 18 heavy (non-hydrogen) atoms. The fourth-order valence-corrected chi connectivity index (χ4v) is 3.15. The summed E-state index contributed by atoms with van der Waals surface area (Å²) in [6, 6.07) is 5.90. The predicted octanol–water partition coefficient (Wildman–Crippen LogP) is 4.00. The summed E-state index contributed by atoms with van der Waals surface area (Å²) < 4.78 is 5.52. The molecule has 2 unspecified atom stereocenters. The van der Waals surface area contributed by atoms with Crippen molar-refractivity contribution in [3.05, 3.63) is 33.8 Å². The van der Waals surface area contributed by atoms with Crippen LogP contribution >= 0.6 is 23.2 Å². The van der Waals surface area contributed by atoms with Gasteiger partial charge in [-0.1, -0.05) is 29.3 Å². The van der Waals surface area contributed by atoms with Gasteiger partial charge >= 0.3 is 0 Å². The Labute approximate surface area is 119 Å². The highest BCUT2D eigenvalue weighted by molar-refractivity contribution is 6.42. The van der Waals surface area contributed by atoms with Crippen LogP contribution in [0.1, 0.15) is 31.2 Å². The minimum absolute atomic E-state index is 0.0485. The number of methoxy groups -OCH3 is 1. The molecular weight excluding hydrogens is 269 g/mol.